The zero-order valence-electron chi connectivity index (χ0n) is 8.80. The first-order valence-corrected chi connectivity index (χ1v) is 5.74. The number of rotatable bonds is 3. The van der Waals surface area contributed by atoms with Crippen molar-refractivity contribution < 1.29 is 19.1 Å². The minimum Gasteiger partial charge on any atom is -0.480 e. The van der Waals surface area contributed by atoms with Gasteiger partial charge < -0.3 is 14.3 Å². The second-order valence-corrected chi connectivity index (χ2v) is 4.94. The summed E-state index contributed by atoms with van der Waals surface area (Å²) in [5, 5.41) is 17.1. The van der Waals surface area contributed by atoms with E-state index in [0.29, 0.717) is 37.2 Å². The molecular formula is C9H12N2O4S. The fourth-order valence-corrected chi connectivity index (χ4v) is 2.58. The third-order valence-corrected chi connectivity index (χ3v) is 3.79. The van der Waals surface area contributed by atoms with Crippen LogP contribution in [-0.2, 0) is 9.53 Å². The fraction of sp³-hybridized carbons (Fsp3) is 0.667. The molecule has 0 aromatic carbocycles. The van der Waals surface area contributed by atoms with Crippen molar-refractivity contribution in [3.8, 4) is 0 Å². The van der Waals surface area contributed by atoms with Crippen LogP contribution >= 0.6 is 11.8 Å². The van der Waals surface area contributed by atoms with Crippen LogP contribution in [0.15, 0.2) is 9.64 Å². The van der Waals surface area contributed by atoms with Gasteiger partial charge in [0.2, 0.25) is 5.89 Å². The number of nitrogens with zero attached hydrogens (tertiary/aromatic N) is 2. The predicted molar refractivity (Wildman–Crippen MR) is 55.3 cm³/mol. The molecule has 1 N–H and O–H groups in total. The second-order valence-electron chi connectivity index (χ2n) is 3.60. The highest BCUT2D eigenvalue weighted by Crippen LogP contribution is 2.40. The Morgan fingerprint density at radius 1 is 1.44 bits per heavy atom. The van der Waals surface area contributed by atoms with Crippen LogP contribution in [0.25, 0.3) is 0 Å². The van der Waals surface area contributed by atoms with E-state index in [9.17, 15) is 9.90 Å². The molecule has 2 heterocycles. The minimum absolute atomic E-state index is 0.307. The Labute approximate surface area is 96.4 Å². The zero-order chi connectivity index (χ0) is 11.6. The number of hydrogen-bond donors (Lipinski definition) is 1. The van der Waals surface area contributed by atoms with E-state index >= 15 is 0 Å². The van der Waals surface area contributed by atoms with Gasteiger partial charge in [-0.25, -0.2) is 0 Å². The molecule has 1 aromatic rings. The Bertz CT molecular complexity index is 387. The molecule has 7 heteroatoms. The molecule has 0 saturated carbocycles. The molecule has 1 aliphatic rings. The van der Waals surface area contributed by atoms with Crippen molar-refractivity contribution >= 4 is 17.7 Å². The van der Waals surface area contributed by atoms with E-state index in [1.54, 1.807) is 6.92 Å². The Hall–Kier alpha value is -1.08. The highest BCUT2D eigenvalue weighted by molar-refractivity contribution is 8.01. The Morgan fingerprint density at radius 3 is 2.62 bits per heavy atom. The maximum Gasteiger partial charge on any atom is 0.320 e. The lowest BCUT2D eigenvalue weighted by atomic mass is 9.99. The van der Waals surface area contributed by atoms with Gasteiger partial charge in [-0.2, -0.15) is 0 Å². The number of aromatic nitrogens is 2. The Morgan fingerprint density at radius 2 is 2.12 bits per heavy atom. The van der Waals surface area contributed by atoms with Gasteiger partial charge in [0, 0.05) is 20.1 Å². The number of aliphatic carboxylic acids is 1. The van der Waals surface area contributed by atoms with E-state index in [-0.39, 0.29) is 0 Å². The lowest BCUT2D eigenvalue weighted by molar-refractivity contribution is -0.142. The molecule has 88 valence electrons. The summed E-state index contributed by atoms with van der Waals surface area (Å²) in [6, 6.07) is 0. The van der Waals surface area contributed by atoms with Crippen molar-refractivity contribution in [3.05, 3.63) is 5.89 Å². The summed E-state index contributed by atoms with van der Waals surface area (Å²) in [6.45, 7) is 2.58. The van der Waals surface area contributed by atoms with E-state index in [1.807, 2.05) is 0 Å². The summed E-state index contributed by atoms with van der Waals surface area (Å²) in [6.07, 6.45) is 0.906. The number of thioether (sulfide) groups is 1. The predicted octanol–water partition coefficient (Wildman–Crippen LogP) is 1.10. The molecule has 6 nitrogen and oxygen atoms in total. The van der Waals surface area contributed by atoms with Crippen molar-refractivity contribution in [1.29, 1.82) is 0 Å². The molecule has 16 heavy (non-hydrogen) atoms. The molecular weight excluding hydrogens is 232 g/mol. The lowest BCUT2D eigenvalue weighted by Crippen LogP contribution is -2.40. The summed E-state index contributed by atoms with van der Waals surface area (Å²) in [7, 11) is 0. The molecule has 2 rings (SSSR count). The fourth-order valence-electron chi connectivity index (χ4n) is 1.55. The highest BCUT2D eigenvalue weighted by Gasteiger charge is 2.43. The molecule has 0 atom stereocenters. The monoisotopic (exact) mass is 244 g/mol. The quantitative estimate of drug-likeness (QED) is 0.852. The van der Waals surface area contributed by atoms with Gasteiger partial charge in [-0.1, -0.05) is 0 Å². The standard InChI is InChI=1S/C9H12N2O4S/c1-6-10-11-8(15-6)16-9(7(12)13)2-4-14-5-3-9/h2-5H2,1H3,(H,12,13). The number of carbonyl (C=O) groups is 1. The maximum atomic E-state index is 11.3. The van der Waals surface area contributed by atoms with Crippen molar-refractivity contribution in [2.75, 3.05) is 13.2 Å². The average Bonchev–Trinajstić information content (AvgIpc) is 2.65. The average molecular weight is 244 g/mol. The normalized spacial score (nSPS) is 19.6. The van der Waals surface area contributed by atoms with E-state index in [4.69, 9.17) is 9.15 Å². The van der Waals surface area contributed by atoms with Crippen LogP contribution in [0.4, 0.5) is 0 Å². The van der Waals surface area contributed by atoms with Gasteiger partial charge in [0.25, 0.3) is 5.22 Å². The summed E-state index contributed by atoms with van der Waals surface area (Å²) >= 11 is 1.12. The number of hydrogen-bond acceptors (Lipinski definition) is 6. The van der Waals surface area contributed by atoms with Crippen molar-refractivity contribution in [2.45, 2.75) is 29.7 Å². The lowest BCUT2D eigenvalue weighted by Gasteiger charge is -2.30. The van der Waals surface area contributed by atoms with Crippen LogP contribution in [-0.4, -0.2) is 39.2 Å². The van der Waals surface area contributed by atoms with E-state index < -0.39 is 10.7 Å². The molecule has 1 saturated heterocycles. The first-order chi connectivity index (χ1) is 7.62. The molecule has 0 radical (unpaired) electrons. The van der Waals surface area contributed by atoms with Gasteiger partial charge in [0.1, 0.15) is 4.75 Å². The summed E-state index contributed by atoms with van der Waals surface area (Å²) in [4.78, 5) is 11.3. The molecule has 1 aromatic heterocycles. The number of carboxylic acids is 1. The second kappa shape index (κ2) is 4.42. The van der Waals surface area contributed by atoms with Crippen LogP contribution in [0.1, 0.15) is 18.7 Å². The number of aryl methyl sites for hydroxylation is 1. The van der Waals surface area contributed by atoms with Crippen LogP contribution in [0, 0.1) is 6.92 Å². The van der Waals surface area contributed by atoms with E-state index in [1.165, 1.54) is 0 Å². The molecule has 0 spiro atoms. The van der Waals surface area contributed by atoms with Gasteiger partial charge in [0.15, 0.2) is 0 Å². The highest BCUT2D eigenvalue weighted by atomic mass is 32.2. The smallest absolute Gasteiger partial charge is 0.320 e. The van der Waals surface area contributed by atoms with Gasteiger partial charge in [-0.15, -0.1) is 10.2 Å². The SMILES string of the molecule is Cc1nnc(SC2(C(=O)O)CCOCC2)o1. The van der Waals surface area contributed by atoms with E-state index in [0.717, 1.165) is 11.8 Å². The first-order valence-electron chi connectivity index (χ1n) is 4.93. The van der Waals surface area contributed by atoms with Crippen molar-refractivity contribution in [2.24, 2.45) is 0 Å². The van der Waals surface area contributed by atoms with Crippen LogP contribution in [0.2, 0.25) is 0 Å². The van der Waals surface area contributed by atoms with Crippen molar-refractivity contribution in [1.82, 2.24) is 10.2 Å². The van der Waals surface area contributed by atoms with E-state index in [2.05, 4.69) is 10.2 Å². The van der Waals surface area contributed by atoms with Gasteiger partial charge in [0.05, 0.1) is 0 Å². The third kappa shape index (κ3) is 2.19. The summed E-state index contributed by atoms with van der Waals surface area (Å²) in [5.41, 5.74) is 0. The summed E-state index contributed by atoms with van der Waals surface area (Å²) in [5.74, 6) is -0.410. The van der Waals surface area contributed by atoms with Gasteiger partial charge in [-0.3, -0.25) is 4.79 Å². The largest absolute Gasteiger partial charge is 0.480 e. The van der Waals surface area contributed by atoms with Gasteiger partial charge in [-0.05, 0) is 24.6 Å². The Kier molecular flexibility index (Phi) is 3.15. The number of carboxylic acid groups (broad SMARTS) is 1. The summed E-state index contributed by atoms with van der Waals surface area (Å²) < 4.78 is 9.48. The molecule has 0 bridgehead atoms. The third-order valence-electron chi connectivity index (χ3n) is 2.48. The minimum atomic E-state index is -0.892. The van der Waals surface area contributed by atoms with Crippen molar-refractivity contribution in [3.63, 3.8) is 0 Å². The van der Waals surface area contributed by atoms with Crippen LogP contribution < -0.4 is 0 Å². The van der Waals surface area contributed by atoms with Crippen LogP contribution in [0.5, 0.6) is 0 Å². The van der Waals surface area contributed by atoms with Crippen LogP contribution in [0.3, 0.4) is 0 Å². The molecule has 0 amide bonds. The zero-order valence-corrected chi connectivity index (χ0v) is 9.62. The number of ether oxygens (including phenoxy) is 1. The maximum absolute atomic E-state index is 11.3. The topological polar surface area (TPSA) is 85.5 Å². The molecule has 0 aliphatic carbocycles. The van der Waals surface area contributed by atoms with Gasteiger partial charge >= 0.3 is 5.97 Å². The molecule has 1 fully saturated rings. The molecule has 1 aliphatic heterocycles. The first kappa shape index (κ1) is 11.4. The molecule has 0 unspecified atom stereocenters. The Balaban J connectivity index is 2.16.